The summed E-state index contributed by atoms with van der Waals surface area (Å²) in [5.41, 5.74) is 1.11. The SMILES string of the molecule is COC(=O)C1CC(=O)N(C(c2ccccc2)C(C)C)C1. The third-order valence-electron chi connectivity index (χ3n) is 3.80. The van der Waals surface area contributed by atoms with E-state index in [2.05, 4.69) is 13.8 Å². The minimum atomic E-state index is -0.336. The minimum Gasteiger partial charge on any atom is -0.469 e. The Balaban J connectivity index is 2.23. The van der Waals surface area contributed by atoms with Gasteiger partial charge in [-0.25, -0.2) is 0 Å². The third kappa shape index (κ3) is 2.84. The molecule has 4 nitrogen and oxygen atoms in total. The highest BCUT2D eigenvalue weighted by atomic mass is 16.5. The average Bonchev–Trinajstić information content (AvgIpc) is 2.81. The number of carbonyl (C=O) groups excluding carboxylic acids is 2. The molecule has 0 bridgehead atoms. The smallest absolute Gasteiger partial charge is 0.310 e. The first kappa shape index (κ1) is 14.6. The second kappa shape index (κ2) is 6.07. The van der Waals surface area contributed by atoms with Crippen molar-refractivity contribution in [2.45, 2.75) is 26.3 Å². The first-order valence-electron chi connectivity index (χ1n) is 6.96. The predicted molar refractivity (Wildman–Crippen MR) is 75.9 cm³/mol. The molecule has 0 aromatic heterocycles. The fourth-order valence-corrected chi connectivity index (χ4v) is 2.90. The monoisotopic (exact) mass is 275 g/mol. The quantitative estimate of drug-likeness (QED) is 0.793. The maximum absolute atomic E-state index is 12.2. The zero-order chi connectivity index (χ0) is 14.7. The molecule has 1 aromatic rings. The van der Waals surface area contributed by atoms with Crippen molar-refractivity contribution in [3.8, 4) is 0 Å². The molecule has 2 atom stereocenters. The molecule has 108 valence electrons. The van der Waals surface area contributed by atoms with E-state index in [1.54, 1.807) is 0 Å². The van der Waals surface area contributed by atoms with Crippen LogP contribution in [0, 0.1) is 11.8 Å². The van der Waals surface area contributed by atoms with Gasteiger partial charge in [0.15, 0.2) is 0 Å². The van der Waals surface area contributed by atoms with Crippen molar-refractivity contribution in [3.63, 3.8) is 0 Å². The van der Waals surface area contributed by atoms with Gasteiger partial charge in [-0.05, 0) is 11.5 Å². The van der Waals surface area contributed by atoms with E-state index in [0.717, 1.165) is 5.56 Å². The number of esters is 1. The van der Waals surface area contributed by atoms with Crippen molar-refractivity contribution in [1.29, 1.82) is 0 Å². The van der Waals surface area contributed by atoms with Crippen molar-refractivity contribution in [2.24, 2.45) is 11.8 Å². The molecule has 0 radical (unpaired) electrons. The summed E-state index contributed by atoms with van der Waals surface area (Å²) in [7, 11) is 1.37. The van der Waals surface area contributed by atoms with Gasteiger partial charge in [0.05, 0.1) is 19.1 Å². The fraction of sp³-hybridized carbons (Fsp3) is 0.500. The van der Waals surface area contributed by atoms with Crippen LogP contribution in [0.2, 0.25) is 0 Å². The molecule has 1 amide bonds. The molecular weight excluding hydrogens is 254 g/mol. The molecule has 1 aromatic carbocycles. The maximum Gasteiger partial charge on any atom is 0.310 e. The van der Waals surface area contributed by atoms with E-state index in [1.165, 1.54) is 7.11 Å². The normalized spacial score (nSPS) is 20.3. The van der Waals surface area contributed by atoms with Crippen LogP contribution in [0.15, 0.2) is 30.3 Å². The van der Waals surface area contributed by atoms with E-state index in [-0.39, 0.29) is 36.2 Å². The lowest BCUT2D eigenvalue weighted by Gasteiger charge is -2.31. The number of carbonyl (C=O) groups is 2. The summed E-state index contributed by atoms with van der Waals surface area (Å²) < 4.78 is 4.76. The number of hydrogen-bond donors (Lipinski definition) is 0. The van der Waals surface area contributed by atoms with Gasteiger partial charge >= 0.3 is 5.97 Å². The largest absolute Gasteiger partial charge is 0.469 e. The highest BCUT2D eigenvalue weighted by Gasteiger charge is 2.39. The number of nitrogens with zero attached hydrogens (tertiary/aromatic N) is 1. The van der Waals surface area contributed by atoms with E-state index in [9.17, 15) is 9.59 Å². The van der Waals surface area contributed by atoms with Crippen LogP contribution in [0.1, 0.15) is 31.9 Å². The predicted octanol–water partition coefficient (Wildman–Crippen LogP) is 2.41. The number of ether oxygens (including phenoxy) is 1. The van der Waals surface area contributed by atoms with Crippen LogP contribution in [-0.2, 0) is 14.3 Å². The van der Waals surface area contributed by atoms with E-state index in [4.69, 9.17) is 4.74 Å². The average molecular weight is 275 g/mol. The van der Waals surface area contributed by atoms with E-state index in [1.807, 2.05) is 35.2 Å². The Hall–Kier alpha value is -1.84. The Morgan fingerprint density at radius 3 is 2.50 bits per heavy atom. The van der Waals surface area contributed by atoms with Gasteiger partial charge in [-0.15, -0.1) is 0 Å². The minimum absolute atomic E-state index is 0.0124. The van der Waals surface area contributed by atoms with Gasteiger partial charge in [0.2, 0.25) is 5.91 Å². The Labute approximate surface area is 119 Å². The Morgan fingerprint density at radius 1 is 1.30 bits per heavy atom. The van der Waals surface area contributed by atoms with Crippen LogP contribution in [0.3, 0.4) is 0 Å². The van der Waals surface area contributed by atoms with Crippen LogP contribution in [0.25, 0.3) is 0 Å². The third-order valence-corrected chi connectivity index (χ3v) is 3.80. The molecule has 0 N–H and O–H groups in total. The van der Waals surface area contributed by atoms with Crippen LogP contribution >= 0.6 is 0 Å². The summed E-state index contributed by atoms with van der Waals surface area (Å²) in [6, 6.07) is 9.99. The molecule has 0 aliphatic carbocycles. The molecule has 20 heavy (non-hydrogen) atoms. The van der Waals surface area contributed by atoms with Gasteiger partial charge in [0, 0.05) is 13.0 Å². The molecular formula is C16H21NO3. The van der Waals surface area contributed by atoms with E-state index >= 15 is 0 Å². The summed E-state index contributed by atoms with van der Waals surface area (Å²) in [5.74, 6) is -0.311. The Kier molecular flexibility index (Phi) is 4.42. The summed E-state index contributed by atoms with van der Waals surface area (Å²) in [5, 5.41) is 0. The van der Waals surface area contributed by atoms with Crippen LogP contribution < -0.4 is 0 Å². The molecule has 2 rings (SSSR count). The molecule has 4 heteroatoms. The number of benzene rings is 1. The standard InChI is InChI=1S/C16H21NO3/c1-11(2)15(12-7-5-4-6-8-12)17-10-13(9-14(17)18)16(19)20-3/h4-8,11,13,15H,9-10H2,1-3H3. The number of amides is 1. The topological polar surface area (TPSA) is 46.6 Å². The first-order chi connectivity index (χ1) is 9.54. The van der Waals surface area contributed by atoms with Crippen molar-refractivity contribution >= 4 is 11.9 Å². The van der Waals surface area contributed by atoms with Gasteiger partial charge in [-0.1, -0.05) is 44.2 Å². The molecule has 0 saturated carbocycles. The summed E-state index contributed by atoms with van der Waals surface area (Å²) in [6.45, 7) is 4.63. The summed E-state index contributed by atoms with van der Waals surface area (Å²) >= 11 is 0. The van der Waals surface area contributed by atoms with Gasteiger partial charge in [-0.2, -0.15) is 0 Å². The molecule has 1 heterocycles. The van der Waals surface area contributed by atoms with Crippen molar-refractivity contribution in [3.05, 3.63) is 35.9 Å². The Bertz CT molecular complexity index is 484. The zero-order valence-electron chi connectivity index (χ0n) is 12.2. The first-order valence-corrected chi connectivity index (χ1v) is 6.96. The van der Waals surface area contributed by atoms with Gasteiger partial charge in [0.1, 0.15) is 0 Å². The maximum atomic E-state index is 12.2. The van der Waals surface area contributed by atoms with E-state index < -0.39 is 0 Å². The lowest BCUT2D eigenvalue weighted by atomic mass is 9.94. The lowest BCUT2D eigenvalue weighted by molar-refractivity contribution is -0.145. The number of methoxy groups -OCH3 is 1. The number of likely N-dealkylation sites (tertiary alicyclic amines) is 1. The van der Waals surface area contributed by atoms with Crippen LogP contribution in [-0.4, -0.2) is 30.4 Å². The van der Waals surface area contributed by atoms with Crippen molar-refractivity contribution in [1.82, 2.24) is 4.90 Å². The van der Waals surface area contributed by atoms with Gasteiger partial charge < -0.3 is 9.64 Å². The molecule has 1 saturated heterocycles. The second-order valence-corrected chi connectivity index (χ2v) is 5.57. The molecule has 1 aliphatic heterocycles. The fourth-order valence-electron chi connectivity index (χ4n) is 2.90. The summed E-state index contributed by atoms with van der Waals surface area (Å²) in [4.78, 5) is 25.7. The van der Waals surface area contributed by atoms with Crippen molar-refractivity contribution in [2.75, 3.05) is 13.7 Å². The molecule has 2 unspecified atom stereocenters. The van der Waals surface area contributed by atoms with Crippen LogP contribution in [0.4, 0.5) is 0 Å². The van der Waals surface area contributed by atoms with Gasteiger partial charge in [-0.3, -0.25) is 9.59 Å². The highest BCUT2D eigenvalue weighted by Crippen LogP contribution is 2.34. The van der Waals surface area contributed by atoms with Crippen LogP contribution in [0.5, 0.6) is 0 Å². The molecule has 1 fully saturated rings. The number of rotatable bonds is 4. The van der Waals surface area contributed by atoms with E-state index in [0.29, 0.717) is 6.54 Å². The van der Waals surface area contributed by atoms with Crippen molar-refractivity contribution < 1.29 is 14.3 Å². The Morgan fingerprint density at radius 2 is 1.95 bits per heavy atom. The summed E-state index contributed by atoms with van der Waals surface area (Å²) in [6.07, 6.45) is 0.253. The highest BCUT2D eigenvalue weighted by molar-refractivity contribution is 5.87. The molecule has 1 aliphatic rings. The molecule has 0 spiro atoms. The lowest BCUT2D eigenvalue weighted by Crippen LogP contribution is -2.34. The number of hydrogen-bond acceptors (Lipinski definition) is 3. The second-order valence-electron chi connectivity index (χ2n) is 5.57. The van der Waals surface area contributed by atoms with Gasteiger partial charge in [0.25, 0.3) is 0 Å². The zero-order valence-corrected chi connectivity index (χ0v) is 12.2.